The molecule has 1 aliphatic heterocycles. The van der Waals surface area contributed by atoms with Crippen LogP contribution < -0.4 is 5.73 Å². The maximum absolute atomic E-state index is 12.6. The van der Waals surface area contributed by atoms with Crippen molar-refractivity contribution in [2.75, 3.05) is 0 Å². The molecule has 80 valence electrons. The highest BCUT2D eigenvalue weighted by Gasteiger charge is 2.65. The number of alkyl halides is 3. The van der Waals surface area contributed by atoms with Crippen molar-refractivity contribution < 1.29 is 13.2 Å². The molecule has 2 rings (SSSR count). The third-order valence-electron chi connectivity index (χ3n) is 2.26. The van der Waals surface area contributed by atoms with Crippen molar-refractivity contribution in [3.8, 4) is 0 Å². The second kappa shape index (κ2) is 3.03. The Morgan fingerprint density at radius 1 is 1.27 bits per heavy atom. The maximum Gasteiger partial charge on any atom is 0.442 e. The second-order valence-electron chi connectivity index (χ2n) is 3.27. The van der Waals surface area contributed by atoms with E-state index in [1.807, 2.05) is 0 Å². The first-order valence-corrected chi connectivity index (χ1v) is 4.30. The summed E-state index contributed by atoms with van der Waals surface area (Å²) in [4.78, 5) is 0. The molecule has 0 spiro atoms. The van der Waals surface area contributed by atoms with Gasteiger partial charge in [-0.2, -0.15) is 13.2 Å². The van der Waals surface area contributed by atoms with Crippen LogP contribution in [0.25, 0.3) is 0 Å². The highest BCUT2D eigenvalue weighted by molar-refractivity contribution is 5.33. The largest absolute Gasteiger partial charge is 0.442 e. The van der Waals surface area contributed by atoms with Crippen LogP contribution in [0.2, 0.25) is 0 Å². The molecule has 2 N–H and O–H groups in total. The van der Waals surface area contributed by atoms with Crippen LogP contribution in [-0.2, 0) is 12.2 Å². The third kappa shape index (κ3) is 1.50. The number of rotatable bonds is 2. The van der Waals surface area contributed by atoms with Gasteiger partial charge in [0.25, 0.3) is 0 Å². The zero-order valence-electron chi connectivity index (χ0n) is 7.62. The first-order valence-electron chi connectivity index (χ1n) is 4.30. The van der Waals surface area contributed by atoms with Crippen LogP contribution in [0.15, 0.2) is 34.5 Å². The molecule has 1 aliphatic rings. The molecule has 0 saturated heterocycles. The Balaban J connectivity index is 2.38. The van der Waals surface area contributed by atoms with E-state index in [4.69, 9.17) is 5.73 Å². The van der Waals surface area contributed by atoms with Gasteiger partial charge in [0, 0.05) is 12.1 Å². The second-order valence-corrected chi connectivity index (χ2v) is 3.27. The van der Waals surface area contributed by atoms with Gasteiger partial charge in [0.1, 0.15) is 0 Å². The Morgan fingerprint density at radius 2 is 1.93 bits per heavy atom. The summed E-state index contributed by atoms with van der Waals surface area (Å²) in [6.45, 7) is 0.196. The molecule has 0 fully saturated rings. The molecule has 0 amide bonds. The van der Waals surface area contributed by atoms with Crippen LogP contribution in [0, 0.1) is 0 Å². The summed E-state index contributed by atoms with van der Waals surface area (Å²) in [6, 6.07) is 5.92. The molecular weight excluding hydrogens is 207 g/mol. The zero-order chi connectivity index (χ0) is 11.1. The first-order chi connectivity index (χ1) is 6.99. The fraction of sp³-hybridized carbons (Fsp3) is 0.333. The van der Waals surface area contributed by atoms with Gasteiger partial charge >= 0.3 is 11.8 Å². The van der Waals surface area contributed by atoms with Gasteiger partial charge in [-0.05, 0) is 11.6 Å². The molecule has 0 unspecified atom stereocenters. The molecule has 3 nitrogen and oxygen atoms in total. The molecule has 6 heteroatoms. The molecular formula is C9H8F3N3. The van der Waals surface area contributed by atoms with E-state index in [0.29, 0.717) is 5.56 Å². The number of halogens is 3. The lowest BCUT2D eigenvalue weighted by atomic mass is 10.0. The average molecular weight is 215 g/mol. The van der Waals surface area contributed by atoms with Crippen LogP contribution in [0.3, 0.4) is 0 Å². The van der Waals surface area contributed by atoms with Gasteiger partial charge in [-0.1, -0.05) is 18.2 Å². The highest BCUT2D eigenvalue weighted by atomic mass is 19.4. The van der Waals surface area contributed by atoms with E-state index in [9.17, 15) is 13.2 Å². The van der Waals surface area contributed by atoms with E-state index in [2.05, 4.69) is 10.2 Å². The number of benzene rings is 1. The van der Waals surface area contributed by atoms with Gasteiger partial charge in [0.2, 0.25) is 0 Å². The average Bonchev–Trinajstić information content (AvgIpc) is 2.97. The van der Waals surface area contributed by atoms with E-state index in [1.54, 1.807) is 6.07 Å². The van der Waals surface area contributed by atoms with E-state index in [-0.39, 0.29) is 12.1 Å². The lowest BCUT2D eigenvalue weighted by Crippen LogP contribution is -2.30. The van der Waals surface area contributed by atoms with Crippen LogP contribution >= 0.6 is 0 Å². The van der Waals surface area contributed by atoms with Crippen molar-refractivity contribution in [1.82, 2.24) is 0 Å². The van der Waals surface area contributed by atoms with Gasteiger partial charge in [0.15, 0.2) is 0 Å². The Labute approximate surface area is 83.8 Å². The fourth-order valence-electron chi connectivity index (χ4n) is 1.36. The lowest BCUT2D eigenvalue weighted by Gasteiger charge is -2.15. The quantitative estimate of drug-likeness (QED) is 0.808. The Kier molecular flexibility index (Phi) is 2.04. The van der Waals surface area contributed by atoms with Crippen LogP contribution in [0.1, 0.15) is 11.1 Å². The third-order valence-corrected chi connectivity index (χ3v) is 2.26. The smallest absolute Gasteiger partial charge is 0.326 e. The molecule has 0 aliphatic carbocycles. The van der Waals surface area contributed by atoms with Gasteiger partial charge in [-0.3, -0.25) is 0 Å². The normalized spacial score (nSPS) is 17.9. The van der Waals surface area contributed by atoms with Crippen LogP contribution in [0.5, 0.6) is 0 Å². The molecule has 15 heavy (non-hydrogen) atoms. The molecule has 0 saturated carbocycles. The number of hydrogen-bond donors (Lipinski definition) is 1. The van der Waals surface area contributed by atoms with Crippen LogP contribution in [-0.4, -0.2) is 6.18 Å². The van der Waals surface area contributed by atoms with Crippen LogP contribution in [0.4, 0.5) is 13.2 Å². The number of nitrogens with zero attached hydrogens (tertiary/aromatic N) is 2. The zero-order valence-corrected chi connectivity index (χ0v) is 7.62. The molecule has 1 heterocycles. The SMILES string of the molecule is NCc1cccc(C2(C(F)(F)F)N=N2)c1. The first kappa shape index (κ1) is 10.1. The van der Waals surface area contributed by atoms with Crippen molar-refractivity contribution in [2.24, 2.45) is 16.0 Å². The minimum absolute atomic E-state index is 0.0259. The summed E-state index contributed by atoms with van der Waals surface area (Å²) in [6.07, 6.45) is -4.47. The minimum atomic E-state index is -4.47. The van der Waals surface area contributed by atoms with E-state index < -0.39 is 11.8 Å². The summed E-state index contributed by atoms with van der Waals surface area (Å²) in [5, 5.41) is 6.22. The molecule has 1 aromatic rings. The lowest BCUT2D eigenvalue weighted by molar-refractivity contribution is -0.166. The monoisotopic (exact) mass is 215 g/mol. The fourth-order valence-corrected chi connectivity index (χ4v) is 1.36. The summed E-state index contributed by atoms with van der Waals surface area (Å²) in [5.74, 6) is 0. The van der Waals surface area contributed by atoms with Crippen molar-refractivity contribution in [2.45, 2.75) is 18.4 Å². The molecule has 0 aromatic heterocycles. The topological polar surface area (TPSA) is 50.7 Å². The number of hydrogen-bond acceptors (Lipinski definition) is 3. The van der Waals surface area contributed by atoms with Crippen molar-refractivity contribution in [3.05, 3.63) is 35.4 Å². The van der Waals surface area contributed by atoms with Crippen molar-refractivity contribution in [3.63, 3.8) is 0 Å². The summed E-state index contributed by atoms with van der Waals surface area (Å²) in [5.41, 5.74) is 3.67. The molecule has 1 aromatic carbocycles. The predicted molar refractivity (Wildman–Crippen MR) is 46.9 cm³/mol. The Morgan fingerprint density at radius 3 is 2.40 bits per heavy atom. The Bertz CT molecular complexity index is 405. The van der Waals surface area contributed by atoms with E-state index in [1.165, 1.54) is 18.2 Å². The van der Waals surface area contributed by atoms with Crippen molar-refractivity contribution >= 4 is 0 Å². The molecule has 0 radical (unpaired) electrons. The summed E-state index contributed by atoms with van der Waals surface area (Å²) in [7, 11) is 0. The van der Waals surface area contributed by atoms with Gasteiger partial charge in [-0.15, -0.1) is 10.2 Å². The summed E-state index contributed by atoms with van der Waals surface area (Å²) >= 11 is 0. The highest BCUT2D eigenvalue weighted by Crippen LogP contribution is 2.52. The van der Waals surface area contributed by atoms with Crippen molar-refractivity contribution in [1.29, 1.82) is 0 Å². The number of nitrogens with two attached hydrogens (primary N) is 1. The minimum Gasteiger partial charge on any atom is -0.326 e. The Hall–Kier alpha value is -1.43. The van der Waals surface area contributed by atoms with Gasteiger partial charge in [0.05, 0.1) is 0 Å². The summed E-state index contributed by atoms with van der Waals surface area (Å²) < 4.78 is 37.8. The maximum atomic E-state index is 12.6. The predicted octanol–water partition coefficient (Wildman–Crippen LogP) is 2.33. The molecule has 0 atom stereocenters. The molecule has 0 bridgehead atoms. The van der Waals surface area contributed by atoms with E-state index in [0.717, 1.165) is 0 Å². The van der Waals surface area contributed by atoms with E-state index >= 15 is 0 Å². The standard InChI is InChI=1S/C9H8F3N3/c10-9(11,12)8(14-15-8)7-3-1-2-6(4-7)5-13/h1-4H,5,13H2. The van der Waals surface area contributed by atoms with Gasteiger partial charge in [-0.25, -0.2) is 0 Å². The van der Waals surface area contributed by atoms with Gasteiger partial charge < -0.3 is 5.73 Å².